The molecule has 1 amide bonds. The number of carbonyl (C=O) groups excluding carboxylic acids is 1. The number of anilines is 1. The number of hydrogen-bond acceptors (Lipinski definition) is 5. The molecule has 1 aliphatic heterocycles. The number of hydrogen-bond donors (Lipinski definition) is 2. The van der Waals surface area contributed by atoms with Gasteiger partial charge in [0.1, 0.15) is 11.0 Å². The number of rotatable bonds is 2. The number of nitrogens with one attached hydrogen (secondary N) is 1. The van der Waals surface area contributed by atoms with Gasteiger partial charge < -0.3 is 15.1 Å². The molecule has 1 fully saturated rings. The molecule has 104 valence electrons. The van der Waals surface area contributed by atoms with Crippen LogP contribution in [0, 0.1) is 0 Å². The van der Waals surface area contributed by atoms with Crippen LogP contribution in [0.15, 0.2) is 12.1 Å². The minimum atomic E-state index is -0.0850. The van der Waals surface area contributed by atoms with E-state index in [1.54, 1.807) is 17.0 Å². The van der Waals surface area contributed by atoms with Crippen molar-refractivity contribution in [1.29, 1.82) is 0 Å². The quantitative estimate of drug-likeness (QED) is 0.486. The van der Waals surface area contributed by atoms with E-state index in [1.165, 1.54) is 0 Å². The fraction of sp³-hybridized carbons (Fsp3) is 0.500. The highest BCUT2D eigenvalue weighted by Gasteiger charge is 2.21. The van der Waals surface area contributed by atoms with E-state index in [0.29, 0.717) is 31.1 Å². The van der Waals surface area contributed by atoms with Gasteiger partial charge in [-0.05, 0) is 25.5 Å². The standard InChI is InChI=1S/C12H17ClN4O2/c1-8-7-17(3-2-4-19-8)12(18)9-5-10(13)15-11(6-9)16-14/h5-6,8H,2-4,7,14H2,1H3,(H,15,16). The van der Waals surface area contributed by atoms with E-state index in [-0.39, 0.29) is 17.2 Å². The van der Waals surface area contributed by atoms with Crippen LogP contribution in [-0.2, 0) is 4.74 Å². The van der Waals surface area contributed by atoms with Gasteiger partial charge in [0.15, 0.2) is 0 Å². The first-order valence-electron chi connectivity index (χ1n) is 6.15. The number of ether oxygens (including phenoxy) is 1. The SMILES string of the molecule is CC1CN(C(=O)c2cc(Cl)nc(NN)c2)CCCO1. The van der Waals surface area contributed by atoms with E-state index in [1.807, 2.05) is 6.92 Å². The Hall–Kier alpha value is -1.37. The van der Waals surface area contributed by atoms with Crippen LogP contribution in [0.2, 0.25) is 5.15 Å². The summed E-state index contributed by atoms with van der Waals surface area (Å²) in [5, 5.41) is 0.234. The lowest BCUT2D eigenvalue weighted by atomic mass is 10.2. The van der Waals surface area contributed by atoms with Gasteiger partial charge in [0.05, 0.1) is 6.10 Å². The van der Waals surface area contributed by atoms with Gasteiger partial charge in [-0.25, -0.2) is 10.8 Å². The molecule has 6 nitrogen and oxygen atoms in total. The average molecular weight is 285 g/mol. The molecule has 1 unspecified atom stereocenters. The van der Waals surface area contributed by atoms with Crippen molar-refractivity contribution in [3.63, 3.8) is 0 Å². The van der Waals surface area contributed by atoms with Crippen LogP contribution >= 0.6 is 11.6 Å². The van der Waals surface area contributed by atoms with Gasteiger partial charge in [0.25, 0.3) is 5.91 Å². The van der Waals surface area contributed by atoms with E-state index in [4.69, 9.17) is 22.2 Å². The van der Waals surface area contributed by atoms with Crippen LogP contribution in [-0.4, -0.2) is 41.6 Å². The number of aromatic nitrogens is 1. The first-order valence-corrected chi connectivity index (χ1v) is 6.53. The molecule has 2 rings (SSSR count). The molecule has 3 N–H and O–H groups in total. The van der Waals surface area contributed by atoms with Gasteiger partial charge in [0, 0.05) is 25.3 Å². The van der Waals surface area contributed by atoms with Gasteiger partial charge in [-0.3, -0.25) is 4.79 Å². The van der Waals surface area contributed by atoms with Crippen LogP contribution in [0.3, 0.4) is 0 Å². The minimum absolute atomic E-state index is 0.0378. The van der Waals surface area contributed by atoms with Crippen LogP contribution in [0.5, 0.6) is 0 Å². The smallest absolute Gasteiger partial charge is 0.254 e. The maximum Gasteiger partial charge on any atom is 0.254 e. The zero-order chi connectivity index (χ0) is 13.8. The van der Waals surface area contributed by atoms with Gasteiger partial charge in [-0.2, -0.15) is 0 Å². The van der Waals surface area contributed by atoms with E-state index in [0.717, 1.165) is 6.42 Å². The number of pyridine rings is 1. The van der Waals surface area contributed by atoms with Crippen molar-refractivity contribution in [2.45, 2.75) is 19.4 Å². The van der Waals surface area contributed by atoms with Crippen molar-refractivity contribution in [3.8, 4) is 0 Å². The third kappa shape index (κ3) is 3.56. The van der Waals surface area contributed by atoms with E-state index in [2.05, 4.69) is 10.4 Å². The maximum absolute atomic E-state index is 12.4. The number of carbonyl (C=O) groups is 1. The number of nitrogens with zero attached hydrogens (tertiary/aromatic N) is 2. The Morgan fingerprint density at radius 1 is 1.63 bits per heavy atom. The van der Waals surface area contributed by atoms with E-state index >= 15 is 0 Å². The van der Waals surface area contributed by atoms with Crippen LogP contribution in [0.4, 0.5) is 5.82 Å². The second-order valence-corrected chi connectivity index (χ2v) is 4.88. The highest BCUT2D eigenvalue weighted by atomic mass is 35.5. The third-order valence-corrected chi connectivity index (χ3v) is 3.12. The third-order valence-electron chi connectivity index (χ3n) is 2.93. The molecular formula is C12H17ClN4O2. The Morgan fingerprint density at radius 2 is 2.42 bits per heavy atom. The Bertz CT molecular complexity index is 469. The summed E-state index contributed by atoms with van der Waals surface area (Å²) in [6.45, 7) is 3.88. The second kappa shape index (κ2) is 6.18. The summed E-state index contributed by atoms with van der Waals surface area (Å²) in [5.74, 6) is 5.58. The minimum Gasteiger partial charge on any atom is -0.377 e. The molecule has 1 aromatic heterocycles. The summed E-state index contributed by atoms with van der Waals surface area (Å²) in [4.78, 5) is 18.1. The lowest BCUT2D eigenvalue weighted by Gasteiger charge is -2.22. The molecule has 0 radical (unpaired) electrons. The molecular weight excluding hydrogens is 268 g/mol. The zero-order valence-electron chi connectivity index (χ0n) is 10.7. The largest absolute Gasteiger partial charge is 0.377 e. The molecule has 2 heterocycles. The Balaban J connectivity index is 2.20. The maximum atomic E-state index is 12.4. The first kappa shape index (κ1) is 14.0. The summed E-state index contributed by atoms with van der Waals surface area (Å²) in [6.07, 6.45) is 0.868. The Kier molecular flexibility index (Phi) is 4.57. The number of amides is 1. The highest BCUT2D eigenvalue weighted by Crippen LogP contribution is 2.17. The van der Waals surface area contributed by atoms with Crippen molar-refractivity contribution in [2.24, 2.45) is 5.84 Å². The fourth-order valence-electron chi connectivity index (χ4n) is 2.06. The molecule has 0 spiro atoms. The van der Waals surface area contributed by atoms with E-state index < -0.39 is 0 Å². The number of nitrogens with two attached hydrogens (primary N) is 1. The fourth-order valence-corrected chi connectivity index (χ4v) is 2.26. The molecule has 1 aromatic rings. The number of hydrazine groups is 1. The first-order chi connectivity index (χ1) is 9.10. The monoisotopic (exact) mass is 284 g/mol. The van der Waals surface area contributed by atoms with Crippen molar-refractivity contribution in [3.05, 3.63) is 22.8 Å². The summed E-state index contributed by atoms with van der Waals surface area (Å²) in [7, 11) is 0. The van der Waals surface area contributed by atoms with E-state index in [9.17, 15) is 4.79 Å². The molecule has 1 aliphatic rings. The van der Waals surface area contributed by atoms with Crippen molar-refractivity contribution in [2.75, 3.05) is 25.1 Å². The van der Waals surface area contributed by atoms with Gasteiger partial charge in [0.2, 0.25) is 0 Å². The molecule has 1 saturated heterocycles. The molecule has 0 aliphatic carbocycles. The van der Waals surface area contributed by atoms with Crippen molar-refractivity contribution in [1.82, 2.24) is 9.88 Å². The molecule has 0 aromatic carbocycles. The molecule has 0 saturated carbocycles. The Labute approximate surface area is 116 Å². The topological polar surface area (TPSA) is 80.5 Å². The van der Waals surface area contributed by atoms with Crippen LogP contribution < -0.4 is 11.3 Å². The van der Waals surface area contributed by atoms with Crippen LogP contribution in [0.25, 0.3) is 0 Å². The summed E-state index contributed by atoms with van der Waals surface area (Å²) >= 11 is 5.87. The summed E-state index contributed by atoms with van der Waals surface area (Å²) in [5.41, 5.74) is 2.87. The lowest BCUT2D eigenvalue weighted by molar-refractivity contribution is 0.0562. The Morgan fingerprint density at radius 3 is 3.16 bits per heavy atom. The summed E-state index contributed by atoms with van der Waals surface area (Å²) in [6, 6.07) is 3.13. The van der Waals surface area contributed by atoms with Gasteiger partial charge >= 0.3 is 0 Å². The summed E-state index contributed by atoms with van der Waals surface area (Å²) < 4.78 is 5.52. The predicted octanol–water partition coefficient (Wildman–Crippen LogP) is 1.27. The average Bonchev–Trinajstić information content (AvgIpc) is 2.61. The highest BCUT2D eigenvalue weighted by molar-refractivity contribution is 6.29. The normalized spacial score (nSPS) is 19.9. The predicted molar refractivity (Wildman–Crippen MR) is 73.0 cm³/mol. The lowest BCUT2D eigenvalue weighted by Crippen LogP contribution is -2.36. The molecule has 1 atom stereocenters. The molecule has 7 heteroatoms. The number of nitrogen functional groups attached to an aromatic ring is 1. The van der Waals surface area contributed by atoms with Crippen molar-refractivity contribution < 1.29 is 9.53 Å². The van der Waals surface area contributed by atoms with Gasteiger partial charge in [-0.1, -0.05) is 11.6 Å². The second-order valence-electron chi connectivity index (χ2n) is 4.49. The number of halogens is 1. The van der Waals surface area contributed by atoms with Crippen LogP contribution in [0.1, 0.15) is 23.7 Å². The molecule has 0 bridgehead atoms. The molecule has 19 heavy (non-hydrogen) atoms. The zero-order valence-corrected chi connectivity index (χ0v) is 11.5. The van der Waals surface area contributed by atoms with Gasteiger partial charge in [-0.15, -0.1) is 0 Å². The van der Waals surface area contributed by atoms with Crippen molar-refractivity contribution >= 4 is 23.3 Å².